The van der Waals surface area contributed by atoms with Crippen LogP contribution in [0.3, 0.4) is 0 Å². The zero-order valence-electron chi connectivity index (χ0n) is 9.93. The van der Waals surface area contributed by atoms with Crippen molar-refractivity contribution in [3.05, 3.63) is 48.0 Å². The normalized spacial score (nSPS) is 26.6. The topological polar surface area (TPSA) is 20.3 Å². The second-order valence-electron chi connectivity index (χ2n) is 4.94. The largest absolute Gasteiger partial charge is 0.331 e. The third-order valence-corrected chi connectivity index (χ3v) is 4.06. The van der Waals surface area contributed by atoms with E-state index in [1.807, 2.05) is 29.2 Å². The minimum absolute atomic E-state index is 0.184. The number of hydrogen-bond donors (Lipinski definition) is 0. The molecule has 1 fully saturated rings. The Morgan fingerprint density at radius 1 is 1.35 bits per heavy atom. The maximum absolute atomic E-state index is 12.4. The second-order valence-corrected chi connectivity index (χ2v) is 4.94. The molecule has 0 spiro atoms. The molecule has 1 aliphatic carbocycles. The number of carbonyl (C=O) groups excluding carboxylic acids is 1. The van der Waals surface area contributed by atoms with Gasteiger partial charge in [0.15, 0.2) is 0 Å². The fourth-order valence-electron chi connectivity index (χ4n) is 3.35. The van der Waals surface area contributed by atoms with E-state index < -0.39 is 0 Å². The number of nitrogens with zero attached hydrogens (tertiary/aromatic N) is 1. The Hall–Kier alpha value is -1.57. The lowest BCUT2D eigenvalue weighted by Crippen LogP contribution is -2.45. The van der Waals surface area contributed by atoms with E-state index in [4.69, 9.17) is 0 Å². The molecule has 1 aromatic rings. The zero-order chi connectivity index (χ0) is 11.8. The molecule has 3 rings (SSSR count). The van der Waals surface area contributed by atoms with Gasteiger partial charge >= 0.3 is 0 Å². The minimum atomic E-state index is 0.184. The monoisotopic (exact) mass is 227 g/mol. The van der Waals surface area contributed by atoms with Crippen molar-refractivity contribution in [1.82, 2.24) is 4.90 Å². The lowest BCUT2D eigenvalue weighted by atomic mass is 9.85. The highest BCUT2D eigenvalue weighted by Crippen LogP contribution is 2.43. The summed E-state index contributed by atoms with van der Waals surface area (Å²) >= 11 is 0. The molecule has 88 valence electrons. The highest BCUT2D eigenvalue weighted by molar-refractivity contribution is 5.97. The minimum Gasteiger partial charge on any atom is -0.331 e. The van der Waals surface area contributed by atoms with Crippen molar-refractivity contribution in [2.45, 2.75) is 31.2 Å². The van der Waals surface area contributed by atoms with Crippen molar-refractivity contribution in [1.29, 1.82) is 0 Å². The van der Waals surface area contributed by atoms with E-state index in [0.29, 0.717) is 18.5 Å². The number of carbonyl (C=O) groups is 1. The number of amides is 1. The number of rotatable bonds is 2. The average Bonchev–Trinajstić information content (AvgIpc) is 2.84. The Morgan fingerprint density at radius 2 is 2.18 bits per heavy atom. The molecule has 1 heterocycles. The summed E-state index contributed by atoms with van der Waals surface area (Å²) in [4.78, 5) is 14.4. The van der Waals surface area contributed by atoms with E-state index in [9.17, 15) is 4.79 Å². The van der Waals surface area contributed by atoms with Gasteiger partial charge in [-0.2, -0.15) is 0 Å². The van der Waals surface area contributed by atoms with Crippen LogP contribution < -0.4 is 0 Å². The van der Waals surface area contributed by atoms with Crippen LogP contribution in [0, 0.1) is 0 Å². The summed E-state index contributed by atoms with van der Waals surface area (Å²) in [5, 5.41) is 0. The fraction of sp³-hybridized carbons (Fsp3) is 0.400. The fourth-order valence-corrected chi connectivity index (χ4v) is 3.35. The first-order valence-electron chi connectivity index (χ1n) is 6.33. The van der Waals surface area contributed by atoms with Crippen LogP contribution >= 0.6 is 0 Å². The maximum atomic E-state index is 12.4. The summed E-state index contributed by atoms with van der Waals surface area (Å²) < 4.78 is 0. The molecular weight excluding hydrogens is 210 g/mol. The molecule has 0 radical (unpaired) electrons. The predicted octanol–water partition coefficient (Wildman–Crippen LogP) is 2.96. The van der Waals surface area contributed by atoms with Gasteiger partial charge in [-0.05, 0) is 24.5 Å². The van der Waals surface area contributed by atoms with Gasteiger partial charge < -0.3 is 4.90 Å². The summed E-state index contributed by atoms with van der Waals surface area (Å²) in [6.07, 6.45) is 5.41. The molecule has 17 heavy (non-hydrogen) atoms. The molecule has 2 heteroatoms. The second kappa shape index (κ2) is 4.02. The van der Waals surface area contributed by atoms with Crippen molar-refractivity contribution < 1.29 is 4.79 Å². The Balaban J connectivity index is 2.09. The Morgan fingerprint density at radius 3 is 3.00 bits per heavy atom. The summed E-state index contributed by atoms with van der Waals surface area (Å²) in [7, 11) is 0. The first kappa shape index (κ1) is 10.6. The van der Waals surface area contributed by atoms with E-state index in [2.05, 4.69) is 12.6 Å². The highest BCUT2D eigenvalue weighted by Gasteiger charge is 2.41. The molecule has 2 atom stereocenters. The summed E-state index contributed by atoms with van der Waals surface area (Å²) in [5.41, 5.74) is 2.16. The van der Waals surface area contributed by atoms with E-state index in [1.54, 1.807) is 0 Å². The molecule has 2 aliphatic rings. The van der Waals surface area contributed by atoms with Gasteiger partial charge in [0.1, 0.15) is 0 Å². The van der Waals surface area contributed by atoms with Gasteiger partial charge in [0.25, 0.3) is 5.91 Å². The standard InChI is InChI=1S/C15H17NO/c1-2-10-16-14-9-5-8-12(14)11-6-3-4-7-13(11)15(16)17/h2-4,6-7,12,14H,1,5,8-10H2. The summed E-state index contributed by atoms with van der Waals surface area (Å²) in [6.45, 7) is 4.44. The third-order valence-electron chi connectivity index (χ3n) is 4.06. The van der Waals surface area contributed by atoms with Crippen LogP contribution in [-0.4, -0.2) is 23.4 Å². The van der Waals surface area contributed by atoms with Crippen LogP contribution in [0.5, 0.6) is 0 Å². The van der Waals surface area contributed by atoms with Crippen molar-refractivity contribution in [2.24, 2.45) is 0 Å². The third kappa shape index (κ3) is 1.51. The lowest BCUT2D eigenvalue weighted by Gasteiger charge is -2.38. The van der Waals surface area contributed by atoms with Crippen LogP contribution in [0.25, 0.3) is 0 Å². The van der Waals surface area contributed by atoms with Gasteiger partial charge in [-0.1, -0.05) is 30.7 Å². The summed E-state index contributed by atoms with van der Waals surface area (Å²) in [5.74, 6) is 0.729. The molecule has 1 aliphatic heterocycles. The Bertz CT molecular complexity index is 466. The van der Waals surface area contributed by atoms with Crippen LogP contribution in [-0.2, 0) is 0 Å². The maximum Gasteiger partial charge on any atom is 0.254 e. The van der Waals surface area contributed by atoms with E-state index in [-0.39, 0.29) is 5.91 Å². The Kier molecular flexibility index (Phi) is 2.50. The van der Waals surface area contributed by atoms with Crippen molar-refractivity contribution in [3.63, 3.8) is 0 Å². The van der Waals surface area contributed by atoms with Crippen LogP contribution in [0.2, 0.25) is 0 Å². The SMILES string of the molecule is C=CCN1C(=O)c2ccccc2C2CCCC21. The number of fused-ring (bicyclic) bond motifs is 3. The van der Waals surface area contributed by atoms with Crippen molar-refractivity contribution in [2.75, 3.05) is 6.54 Å². The quantitative estimate of drug-likeness (QED) is 0.711. The van der Waals surface area contributed by atoms with Crippen LogP contribution in [0.15, 0.2) is 36.9 Å². The summed E-state index contributed by atoms with van der Waals surface area (Å²) in [6, 6.07) is 8.49. The molecule has 1 saturated carbocycles. The number of hydrogen-bond acceptors (Lipinski definition) is 1. The first-order valence-corrected chi connectivity index (χ1v) is 6.33. The molecule has 2 unspecified atom stereocenters. The smallest absolute Gasteiger partial charge is 0.254 e. The zero-order valence-corrected chi connectivity index (χ0v) is 9.93. The molecule has 1 amide bonds. The molecule has 0 bridgehead atoms. The van der Waals surface area contributed by atoms with Gasteiger partial charge in [0.05, 0.1) is 0 Å². The van der Waals surface area contributed by atoms with Crippen molar-refractivity contribution >= 4 is 5.91 Å². The van der Waals surface area contributed by atoms with Gasteiger partial charge in [-0.3, -0.25) is 4.79 Å². The van der Waals surface area contributed by atoms with Crippen molar-refractivity contribution in [3.8, 4) is 0 Å². The van der Waals surface area contributed by atoms with Gasteiger partial charge in [-0.15, -0.1) is 6.58 Å². The molecular formula is C15H17NO. The molecule has 1 aromatic carbocycles. The van der Waals surface area contributed by atoms with Gasteiger partial charge in [0.2, 0.25) is 0 Å². The average molecular weight is 227 g/mol. The van der Waals surface area contributed by atoms with Crippen LogP contribution in [0.4, 0.5) is 0 Å². The molecule has 0 N–H and O–H groups in total. The molecule has 0 aromatic heterocycles. The first-order chi connectivity index (χ1) is 8.33. The number of benzene rings is 1. The molecule has 0 saturated heterocycles. The van der Waals surface area contributed by atoms with E-state index >= 15 is 0 Å². The Labute approximate surface area is 102 Å². The van der Waals surface area contributed by atoms with Gasteiger partial charge in [-0.25, -0.2) is 0 Å². The molecule has 2 nitrogen and oxygen atoms in total. The van der Waals surface area contributed by atoms with E-state index in [0.717, 1.165) is 12.0 Å². The lowest BCUT2D eigenvalue weighted by molar-refractivity contribution is 0.0661. The highest BCUT2D eigenvalue weighted by atomic mass is 16.2. The van der Waals surface area contributed by atoms with Gasteiger partial charge in [0, 0.05) is 24.1 Å². The van der Waals surface area contributed by atoms with Crippen LogP contribution in [0.1, 0.15) is 41.1 Å². The predicted molar refractivity (Wildman–Crippen MR) is 68.1 cm³/mol. The van der Waals surface area contributed by atoms with E-state index in [1.165, 1.54) is 18.4 Å².